The summed E-state index contributed by atoms with van der Waals surface area (Å²) in [7, 11) is 31.1. The summed E-state index contributed by atoms with van der Waals surface area (Å²) in [5.74, 6) is 1.48. The first-order valence-electron chi connectivity index (χ1n) is 17.7. The Kier molecular flexibility index (Phi) is 7.70. The molecule has 10 aromatic rings. The van der Waals surface area contributed by atoms with Gasteiger partial charge in [0, 0.05) is 27.3 Å². The number of hydrogen-bond donors (Lipinski definition) is 0. The van der Waals surface area contributed by atoms with Gasteiger partial charge in [-0.2, -0.15) is 0 Å². The van der Waals surface area contributed by atoms with Crippen molar-refractivity contribution in [1.82, 2.24) is 19.5 Å². The van der Waals surface area contributed by atoms with Gasteiger partial charge < -0.3 is 8.98 Å². The molecule has 0 atom stereocenters. The molecule has 10 rings (SSSR count). The van der Waals surface area contributed by atoms with E-state index in [1.807, 2.05) is 78.9 Å². The molecule has 10 heteroatoms. The van der Waals surface area contributed by atoms with Crippen molar-refractivity contribution in [3.8, 4) is 51.0 Å². The van der Waals surface area contributed by atoms with Crippen LogP contribution in [0.2, 0.25) is 0 Å². The predicted molar refractivity (Wildman–Crippen MR) is 230 cm³/mol. The van der Waals surface area contributed by atoms with Crippen molar-refractivity contribution in [2.45, 2.75) is 0 Å². The Labute approximate surface area is 323 Å². The molecule has 0 N–H and O–H groups in total. The Bertz CT molecular complexity index is 3070. The van der Waals surface area contributed by atoms with Crippen LogP contribution in [0.3, 0.4) is 0 Å². The number of hydrogen-bond acceptors (Lipinski definition) is 4. The summed E-state index contributed by atoms with van der Waals surface area (Å²) in [6.45, 7) is 0. The Morgan fingerprint density at radius 2 is 0.927 bits per heavy atom. The minimum Gasteiger partial charge on any atom is -0.455 e. The first kappa shape index (κ1) is 33.1. The predicted octanol–water partition coefficient (Wildman–Crippen LogP) is 5.51. The second-order valence-corrected chi connectivity index (χ2v) is 13.5. The van der Waals surface area contributed by atoms with Crippen LogP contribution in [0.1, 0.15) is 0 Å². The van der Waals surface area contributed by atoms with Crippen molar-refractivity contribution in [1.29, 1.82) is 0 Å². The van der Waals surface area contributed by atoms with Gasteiger partial charge in [-0.1, -0.05) is 120 Å². The normalized spacial score (nSPS) is 11.6. The van der Waals surface area contributed by atoms with Crippen molar-refractivity contribution < 1.29 is 4.42 Å². The quantitative estimate of drug-likeness (QED) is 0.224. The zero-order valence-electron chi connectivity index (χ0n) is 29.4. The molecule has 0 unspecified atom stereocenters. The maximum atomic E-state index is 6.74. The molecule has 0 amide bonds. The molecule has 0 spiro atoms. The van der Waals surface area contributed by atoms with Crippen LogP contribution in [0, 0.1) is 0 Å². The van der Waals surface area contributed by atoms with Gasteiger partial charge >= 0.3 is 0 Å². The number of aromatic nitrogens is 4. The van der Waals surface area contributed by atoms with Crippen molar-refractivity contribution in [2.75, 3.05) is 0 Å². The maximum Gasteiger partial charge on any atom is 0.167 e. The lowest BCUT2D eigenvalue weighted by Gasteiger charge is -2.21. The lowest BCUT2D eigenvalue weighted by molar-refractivity contribution is 0.669. The van der Waals surface area contributed by atoms with Crippen molar-refractivity contribution >= 4 is 110 Å². The third kappa shape index (κ3) is 5.19. The minimum atomic E-state index is 0.170. The molecular formula is C45H23B5N4O. The average Bonchev–Trinajstić information content (AvgIpc) is 3.79. The van der Waals surface area contributed by atoms with E-state index in [9.17, 15) is 0 Å². The monoisotopic (exact) mass is 690 g/mol. The van der Waals surface area contributed by atoms with Crippen LogP contribution in [0.15, 0.2) is 144 Å². The second kappa shape index (κ2) is 12.8. The van der Waals surface area contributed by atoms with Crippen molar-refractivity contribution in [2.24, 2.45) is 0 Å². The van der Waals surface area contributed by atoms with E-state index in [-0.39, 0.29) is 27.3 Å². The van der Waals surface area contributed by atoms with E-state index >= 15 is 0 Å². The number of para-hydroxylation sites is 3. The van der Waals surface area contributed by atoms with Gasteiger partial charge in [-0.15, -0.1) is 16.4 Å². The summed E-state index contributed by atoms with van der Waals surface area (Å²) in [4.78, 5) is 15.0. The highest BCUT2D eigenvalue weighted by molar-refractivity contribution is 6.68. The van der Waals surface area contributed by atoms with E-state index in [4.69, 9.17) is 58.6 Å². The zero-order valence-corrected chi connectivity index (χ0v) is 29.4. The molecule has 5 nitrogen and oxygen atoms in total. The Morgan fingerprint density at radius 3 is 1.58 bits per heavy atom. The van der Waals surface area contributed by atoms with Crippen LogP contribution in [0.5, 0.6) is 0 Å². The molecule has 0 bridgehead atoms. The van der Waals surface area contributed by atoms with Crippen molar-refractivity contribution in [3.63, 3.8) is 0 Å². The molecule has 0 aliphatic heterocycles. The van der Waals surface area contributed by atoms with E-state index in [1.54, 1.807) is 0 Å². The molecule has 0 saturated carbocycles. The van der Waals surface area contributed by atoms with Crippen LogP contribution in [0.4, 0.5) is 0 Å². The smallest absolute Gasteiger partial charge is 0.167 e. The number of benzene rings is 7. The second-order valence-electron chi connectivity index (χ2n) is 13.5. The molecule has 3 aromatic heterocycles. The molecular weight excluding hydrogens is 667 g/mol. The maximum absolute atomic E-state index is 6.74. The highest BCUT2D eigenvalue weighted by atomic mass is 16.3. The number of fused-ring (bicyclic) bond motifs is 6. The van der Waals surface area contributed by atoms with Gasteiger partial charge in [-0.25, -0.2) is 15.0 Å². The Hall–Kier alpha value is -6.53. The van der Waals surface area contributed by atoms with Gasteiger partial charge in [-0.3, -0.25) is 0 Å². The summed E-state index contributed by atoms with van der Waals surface area (Å²) in [6.07, 6.45) is 0. The average molecular weight is 690 g/mol. The van der Waals surface area contributed by atoms with E-state index < -0.39 is 0 Å². The van der Waals surface area contributed by atoms with Crippen molar-refractivity contribution in [3.05, 3.63) is 140 Å². The molecule has 55 heavy (non-hydrogen) atoms. The van der Waals surface area contributed by atoms with E-state index in [0.29, 0.717) is 28.6 Å². The minimum absolute atomic E-state index is 0.170. The molecule has 0 fully saturated rings. The first-order chi connectivity index (χ1) is 26.9. The standard InChI is InChI=1S/C45H23B5N4O/c46-37-35(38(47)40(49)41(50)39(37)48)24-20-22-26(23-21-24)44-51-43(25-10-2-1-3-11-25)52-45(53-44)30-15-8-14-29-36-33(18-9-19-34(36)55-42(29)30)54-31-16-6-4-12-27(31)28-13-5-7-17-32(28)54/h1-23H. The van der Waals surface area contributed by atoms with Crippen LogP contribution < -0.4 is 27.3 Å². The largest absolute Gasteiger partial charge is 0.455 e. The van der Waals surface area contributed by atoms with Crippen LogP contribution >= 0.6 is 0 Å². The Balaban J connectivity index is 1.16. The summed E-state index contributed by atoms with van der Waals surface area (Å²) in [5.41, 5.74) is 9.41. The summed E-state index contributed by atoms with van der Waals surface area (Å²) < 4.78 is 9.06. The molecule has 0 aliphatic carbocycles. The van der Waals surface area contributed by atoms with Gasteiger partial charge in [0.1, 0.15) is 50.4 Å². The molecule has 3 heterocycles. The number of rotatable bonds is 5. The highest BCUT2D eigenvalue weighted by Crippen LogP contribution is 2.41. The third-order valence-corrected chi connectivity index (χ3v) is 10.4. The first-order valence-corrected chi connectivity index (χ1v) is 17.7. The summed E-state index contributed by atoms with van der Waals surface area (Å²) >= 11 is 0. The molecule has 0 aliphatic rings. The molecule has 10 radical (unpaired) electrons. The van der Waals surface area contributed by atoms with E-state index in [1.165, 1.54) is 10.8 Å². The Morgan fingerprint density at radius 1 is 0.418 bits per heavy atom. The highest BCUT2D eigenvalue weighted by Gasteiger charge is 2.21. The van der Waals surface area contributed by atoms with Gasteiger partial charge in [-0.05, 0) is 41.5 Å². The van der Waals surface area contributed by atoms with Gasteiger partial charge in [0.25, 0.3) is 0 Å². The van der Waals surface area contributed by atoms with Crippen LogP contribution in [-0.4, -0.2) is 58.8 Å². The molecule has 0 saturated heterocycles. The third-order valence-electron chi connectivity index (χ3n) is 10.4. The van der Waals surface area contributed by atoms with Gasteiger partial charge in [0.2, 0.25) is 0 Å². The topological polar surface area (TPSA) is 56.7 Å². The fraction of sp³-hybridized carbons (Fsp3) is 0. The van der Waals surface area contributed by atoms with Crippen LogP contribution in [-0.2, 0) is 0 Å². The van der Waals surface area contributed by atoms with E-state index in [0.717, 1.165) is 55.3 Å². The zero-order chi connectivity index (χ0) is 37.4. The van der Waals surface area contributed by atoms with Gasteiger partial charge in [0.05, 0.1) is 27.7 Å². The number of nitrogens with zero attached hydrogens (tertiary/aromatic N) is 4. The summed E-state index contributed by atoms with van der Waals surface area (Å²) in [6, 6.07) is 46.7. The van der Waals surface area contributed by atoms with Gasteiger partial charge in [0.15, 0.2) is 17.5 Å². The fourth-order valence-corrected chi connectivity index (χ4v) is 7.66. The van der Waals surface area contributed by atoms with E-state index in [2.05, 4.69) is 65.2 Å². The SMILES string of the molecule is [B]c1c([B])c([B])c(-c2ccc(-c3nc(-c4ccccc4)nc(-c4cccc5c4oc4cccc(-n6c7ccccc7c7ccccc76)c45)n3)cc2)c([B])c1[B]. The molecule has 244 valence electrons. The summed E-state index contributed by atoms with van der Waals surface area (Å²) in [5, 5.41) is 4.34. The van der Waals surface area contributed by atoms with Crippen LogP contribution in [0.25, 0.3) is 94.7 Å². The lowest BCUT2D eigenvalue weighted by atomic mass is 9.59. The fourth-order valence-electron chi connectivity index (χ4n) is 7.66. The number of furan rings is 1. The molecule has 7 aromatic carbocycles. The lowest BCUT2D eigenvalue weighted by Crippen LogP contribution is -2.55.